The van der Waals surface area contributed by atoms with E-state index in [0.29, 0.717) is 18.9 Å². The van der Waals surface area contributed by atoms with Gasteiger partial charge in [0.2, 0.25) is 0 Å². The Morgan fingerprint density at radius 3 is 2.52 bits per heavy atom. The van der Waals surface area contributed by atoms with Crippen molar-refractivity contribution >= 4 is 11.7 Å². The molecule has 1 unspecified atom stereocenters. The van der Waals surface area contributed by atoms with Crippen LogP contribution in [0, 0.1) is 11.3 Å². The van der Waals surface area contributed by atoms with Crippen LogP contribution in [0.5, 0.6) is 0 Å². The Labute approximate surface area is 132 Å². The minimum Gasteiger partial charge on any atom is -0.394 e. The minimum atomic E-state index is -4.69. The van der Waals surface area contributed by atoms with E-state index in [1.165, 1.54) is 12.1 Å². The summed E-state index contributed by atoms with van der Waals surface area (Å²) in [5.41, 5.74) is -2.59. The molecule has 0 radical (unpaired) electrons. The van der Waals surface area contributed by atoms with E-state index in [0.717, 1.165) is 6.07 Å². The van der Waals surface area contributed by atoms with E-state index in [9.17, 15) is 23.1 Å². The molecule has 0 heterocycles. The summed E-state index contributed by atoms with van der Waals surface area (Å²) in [5.74, 6) is 0. The van der Waals surface area contributed by atoms with Crippen molar-refractivity contribution in [2.75, 3.05) is 11.9 Å². The lowest BCUT2D eigenvalue weighted by molar-refractivity contribution is -0.137. The molecule has 1 aromatic rings. The zero-order valence-electron chi connectivity index (χ0n) is 12.8. The molecule has 1 atom stereocenters. The smallest absolute Gasteiger partial charge is 0.394 e. The maximum atomic E-state index is 12.9. The average molecular weight is 329 g/mol. The van der Waals surface area contributed by atoms with Crippen molar-refractivity contribution < 1.29 is 23.1 Å². The number of halogens is 3. The molecule has 0 saturated carbocycles. The molecule has 0 aliphatic carbocycles. The maximum Gasteiger partial charge on any atom is 0.417 e. The molecule has 0 fully saturated rings. The van der Waals surface area contributed by atoms with E-state index in [4.69, 9.17) is 5.26 Å². The number of anilines is 1. The van der Waals surface area contributed by atoms with Crippen molar-refractivity contribution in [3.63, 3.8) is 0 Å². The van der Waals surface area contributed by atoms with E-state index in [-0.39, 0.29) is 12.3 Å². The maximum absolute atomic E-state index is 12.9. The molecule has 1 rings (SSSR count). The summed E-state index contributed by atoms with van der Waals surface area (Å²) < 4.78 is 38.6. The van der Waals surface area contributed by atoms with Gasteiger partial charge >= 0.3 is 12.2 Å². The molecule has 23 heavy (non-hydrogen) atoms. The van der Waals surface area contributed by atoms with E-state index >= 15 is 0 Å². The Balaban J connectivity index is 2.94. The molecule has 5 nitrogen and oxygen atoms in total. The van der Waals surface area contributed by atoms with Gasteiger partial charge in [-0.15, -0.1) is 0 Å². The third-order valence-electron chi connectivity index (χ3n) is 3.27. The normalized spacial score (nSPS) is 13.8. The summed E-state index contributed by atoms with van der Waals surface area (Å²) in [5, 5.41) is 22.9. The van der Waals surface area contributed by atoms with Crippen LogP contribution in [0.15, 0.2) is 18.2 Å². The van der Waals surface area contributed by atoms with Crippen molar-refractivity contribution in [3.05, 3.63) is 29.3 Å². The molecule has 126 valence electrons. The first-order chi connectivity index (χ1) is 10.6. The average Bonchev–Trinajstić information content (AvgIpc) is 2.46. The van der Waals surface area contributed by atoms with Crippen LogP contribution in [0.2, 0.25) is 0 Å². The number of urea groups is 1. The Morgan fingerprint density at radius 1 is 1.39 bits per heavy atom. The number of hydrogen-bond donors (Lipinski definition) is 3. The number of alkyl halides is 3. The minimum absolute atomic E-state index is 0.0920. The summed E-state index contributed by atoms with van der Waals surface area (Å²) in [4.78, 5) is 11.9. The van der Waals surface area contributed by atoms with Gasteiger partial charge in [0.05, 0.1) is 29.3 Å². The Bertz CT molecular complexity index is 611. The van der Waals surface area contributed by atoms with Crippen molar-refractivity contribution in [3.8, 4) is 6.07 Å². The number of nitrogens with zero attached hydrogens (tertiary/aromatic N) is 1. The van der Waals surface area contributed by atoms with E-state index < -0.39 is 28.9 Å². The predicted molar refractivity (Wildman–Crippen MR) is 78.7 cm³/mol. The van der Waals surface area contributed by atoms with Crippen LogP contribution in [0.25, 0.3) is 0 Å². The molecular formula is C15H18F3N3O2. The summed E-state index contributed by atoms with van der Waals surface area (Å²) in [6, 6.07) is 3.65. The van der Waals surface area contributed by atoms with Gasteiger partial charge in [-0.3, -0.25) is 0 Å². The standard InChI is InChI=1S/C15H18F3N3O2/c1-3-6-14(2,9-22)21-13(23)20-11-5-4-10(8-19)12(7-11)15(16,17)18/h4-5,7,22H,3,6,9H2,1-2H3,(H2,20,21,23). The van der Waals surface area contributed by atoms with Crippen LogP contribution in [-0.2, 0) is 6.18 Å². The fourth-order valence-corrected chi connectivity index (χ4v) is 2.12. The lowest BCUT2D eigenvalue weighted by Gasteiger charge is -2.28. The molecular weight excluding hydrogens is 311 g/mol. The van der Waals surface area contributed by atoms with Crippen LogP contribution in [0.1, 0.15) is 37.8 Å². The molecule has 0 bridgehead atoms. The van der Waals surface area contributed by atoms with Gasteiger partial charge in [-0.25, -0.2) is 4.79 Å². The van der Waals surface area contributed by atoms with Crippen LogP contribution >= 0.6 is 0 Å². The SMILES string of the molecule is CCCC(C)(CO)NC(=O)Nc1ccc(C#N)c(C(F)(F)F)c1. The van der Waals surface area contributed by atoms with Crippen molar-refractivity contribution in [2.45, 2.75) is 38.4 Å². The number of nitrogens with one attached hydrogen (secondary N) is 2. The molecule has 0 spiro atoms. The largest absolute Gasteiger partial charge is 0.417 e. The number of aliphatic hydroxyl groups excluding tert-OH is 1. The molecule has 0 aliphatic heterocycles. The van der Waals surface area contributed by atoms with E-state index in [2.05, 4.69) is 10.6 Å². The van der Waals surface area contributed by atoms with E-state index in [1.54, 1.807) is 6.92 Å². The monoisotopic (exact) mass is 329 g/mol. The number of amides is 2. The summed E-state index contributed by atoms with van der Waals surface area (Å²) in [6.07, 6.45) is -3.47. The van der Waals surface area contributed by atoms with E-state index in [1.807, 2.05) is 6.92 Å². The van der Waals surface area contributed by atoms with Gasteiger partial charge in [-0.05, 0) is 31.5 Å². The third-order valence-corrected chi connectivity index (χ3v) is 3.27. The fourth-order valence-electron chi connectivity index (χ4n) is 2.12. The highest BCUT2D eigenvalue weighted by atomic mass is 19.4. The number of rotatable bonds is 5. The zero-order valence-corrected chi connectivity index (χ0v) is 12.8. The topological polar surface area (TPSA) is 85.2 Å². The first kappa shape index (κ1) is 18.8. The first-order valence-electron chi connectivity index (χ1n) is 6.96. The number of hydrogen-bond acceptors (Lipinski definition) is 3. The van der Waals surface area contributed by atoms with Gasteiger partial charge in [0.25, 0.3) is 0 Å². The molecule has 0 aromatic heterocycles. The fraction of sp³-hybridized carbons (Fsp3) is 0.467. The van der Waals surface area contributed by atoms with Crippen molar-refractivity contribution in [2.24, 2.45) is 0 Å². The van der Waals surface area contributed by atoms with Gasteiger partial charge in [0, 0.05) is 5.69 Å². The second-order valence-electron chi connectivity index (χ2n) is 5.42. The highest BCUT2D eigenvalue weighted by Crippen LogP contribution is 2.33. The van der Waals surface area contributed by atoms with Gasteiger partial charge in [-0.2, -0.15) is 18.4 Å². The van der Waals surface area contributed by atoms with Crippen LogP contribution < -0.4 is 10.6 Å². The molecule has 1 aromatic carbocycles. The molecule has 0 aliphatic rings. The zero-order chi connectivity index (χ0) is 17.7. The lowest BCUT2D eigenvalue weighted by atomic mass is 9.98. The molecule has 2 amide bonds. The molecule has 3 N–H and O–H groups in total. The second kappa shape index (κ2) is 7.33. The highest BCUT2D eigenvalue weighted by molar-refractivity contribution is 5.90. The molecule has 8 heteroatoms. The summed E-state index contributed by atoms with van der Waals surface area (Å²) >= 11 is 0. The van der Waals surface area contributed by atoms with Crippen LogP contribution in [0.4, 0.5) is 23.7 Å². The Hall–Kier alpha value is -2.27. The van der Waals surface area contributed by atoms with Gasteiger partial charge in [0.1, 0.15) is 0 Å². The van der Waals surface area contributed by atoms with Crippen molar-refractivity contribution in [1.82, 2.24) is 5.32 Å². The lowest BCUT2D eigenvalue weighted by Crippen LogP contribution is -2.50. The predicted octanol–water partition coefficient (Wildman–Crippen LogP) is 3.25. The van der Waals surface area contributed by atoms with Crippen LogP contribution in [0.3, 0.4) is 0 Å². The van der Waals surface area contributed by atoms with Crippen molar-refractivity contribution in [1.29, 1.82) is 5.26 Å². The number of carbonyl (C=O) groups excluding carboxylic acids is 1. The van der Waals surface area contributed by atoms with Crippen LogP contribution in [-0.4, -0.2) is 23.3 Å². The quantitative estimate of drug-likeness (QED) is 0.775. The summed E-state index contributed by atoms with van der Waals surface area (Å²) in [6.45, 7) is 3.22. The Morgan fingerprint density at radius 2 is 2.04 bits per heavy atom. The second-order valence-corrected chi connectivity index (χ2v) is 5.42. The molecule has 0 saturated heterocycles. The summed E-state index contributed by atoms with van der Waals surface area (Å²) in [7, 11) is 0. The number of aliphatic hydroxyl groups is 1. The van der Waals surface area contributed by atoms with Gasteiger partial charge in [0.15, 0.2) is 0 Å². The number of benzene rings is 1. The highest BCUT2D eigenvalue weighted by Gasteiger charge is 2.34. The number of nitriles is 1. The first-order valence-corrected chi connectivity index (χ1v) is 6.96. The number of carbonyl (C=O) groups is 1. The van der Waals surface area contributed by atoms with Gasteiger partial charge in [-0.1, -0.05) is 13.3 Å². The third kappa shape index (κ3) is 5.14. The van der Waals surface area contributed by atoms with Gasteiger partial charge < -0.3 is 15.7 Å². The Kier molecular flexibility index (Phi) is 5.98.